The Kier molecular flexibility index (Phi) is 4.65. The Hall–Kier alpha value is -3.47. The lowest BCUT2D eigenvalue weighted by Gasteiger charge is -2.17. The van der Waals surface area contributed by atoms with Crippen molar-refractivity contribution in [2.45, 2.75) is 26.7 Å². The van der Waals surface area contributed by atoms with E-state index in [1.54, 1.807) is 18.6 Å². The van der Waals surface area contributed by atoms with E-state index in [9.17, 15) is 4.79 Å². The van der Waals surface area contributed by atoms with E-state index < -0.39 is 0 Å². The minimum absolute atomic E-state index is 0.0823. The normalized spacial score (nSPS) is 11.1. The van der Waals surface area contributed by atoms with Crippen LogP contribution in [0.25, 0.3) is 22.0 Å². The number of rotatable bonds is 4. The van der Waals surface area contributed by atoms with Gasteiger partial charge in [-0.3, -0.25) is 14.8 Å². The summed E-state index contributed by atoms with van der Waals surface area (Å²) in [4.78, 5) is 24.5. The van der Waals surface area contributed by atoms with Crippen molar-refractivity contribution in [2.75, 3.05) is 5.32 Å². The summed E-state index contributed by atoms with van der Waals surface area (Å²) in [7, 11) is 0. The van der Waals surface area contributed by atoms with Crippen molar-refractivity contribution >= 4 is 22.3 Å². The van der Waals surface area contributed by atoms with Crippen LogP contribution in [0.15, 0.2) is 65.8 Å². The maximum Gasteiger partial charge on any atom is 0.256 e. The largest absolute Gasteiger partial charge is 0.353 e. The number of hydrogen-bond acceptors (Lipinski definition) is 4. The molecule has 1 aromatic carbocycles. The molecule has 4 rings (SSSR count). The summed E-state index contributed by atoms with van der Waals surface area (Å²) in [5.41, 5.74) is 6.11. The van der Waals surface area contributed by atoms with E-state index in [1.165, 1.54) is 0 Å². The molecule has 0 aliphatic heterocycles. The van der Waals surface area contributed by atoms with Gasteiger partial charge in [0, 0.05) is 35.2 Å². The van der Waals surface area contributed by atoms with E-state index in [0.29, 0.717) is 5.56 Å². The van der Waals surface area contributed by atoms with Gasteiger partial charge in [-0.25, -0.2) is 0 Å². The van der Waals surface area contributed by atoms with Crippen molar-refractivity contribution in [3.05, 3.63) is 82.7 Å². The molecule has 0 saturated carbocycles. The molecule has 3 aromatic heterocycles. The van der Waals surface area contributed by atoms with Crippen LogP contribution in [0.4, 0.5) is 11.4 Å². The summed E-state index contributed by atoms with van der Waals surface area (Å²) in [6, 6.07) is 13.7. The predicted molar refractivity (Wildman–Crippen MR) is 114 cm³/mol. The average Bonchev–Trinajstić information content (AvgIpc) is 2.69. The van der Waals surface area contributed by atoms with E-state index >= 15 is 0 Å². The minimum Gasteiger partial charge on any atom is -0.353 e. The number of H-pyrrole nitrogens is 1. The predicted octanol–water partition coefficient (Wildman–Crippen LogP) is 5.16. The number of nitrogens with one attached hydrogen (secondary N) is 2. The summed E-state index contributed by atoms with van der Waals surface area (Å²) >= 11 is 0. The fraction of sp³-hybridized carbons (Fsp3) is 0.174. The van der Waals surface area contributed by atoms with Crippen LogP contribution in [0, 0.1) is 6.92 Å². The highest BCUT2D eigenvalue weighted by atomic mass is 16.1. The molecule has 0 radical (unpaired) electrons. The molecule has 0 aliphatic carbocycles. The first kappa shape index (κ1) is 17.9. The van der Waals surface area contributed by atoms with Crippen LogP contribution in [0.5, 0.6) is 0 Å². The summed E-state index contributed by atoms with van der Waals surface area (Å²) in [6.07, 6.45) is 5.30. The second kappa shape index (κ2) is 7.27. The van der Waals surface area contributed by atoms with Crippen LogP contribution >= 0.6 is 0 Å². The van der Waals surface area contributed by atoms with Crippen molar-refractivity contribution in [3.63, 3.8) is 0 Å². The van der Waals surface area contributed by atoms with Gasteiger partial charge in [0.1, 0.15) is 0 Å². The van der Waals surface area contributed by atoms with Gasteiger partial charge in [0.2, 0.25) is 0 Å². The Labute approximate surface area is 163 Å². The van der Waals surface area contributed by atoms with Gasteiger partial charge in [0.05, 0.1) is 16.9 Å². The summed E-state index contributed by atoms with van der Waals surface area (Å²) in [5.74, 6) is 0.160. The van der Waals surface area contributed by atoms with E-state index in [0.717, 1.165) is 39.1 Å². The van der Waals surface area contributed by atoms with Crippen LogP contribution in [-0.4, -0.2) is 15.0 Å². The van der Waals surface area contributed by atoms with Gasteiger partial charge in [-0.2, -0.15) is 0 Å². The Morgan fingerprint density at radius 2 is 1.89 bits per heavy atom. The fourth-order valence-electron chi connectivity index (χ4n) is 3.37. The monoisotopic (exact) mass is 370 g/mol. The van der Waals surface area contributed by atoms with Crippen LogP contribution in [0.2, 0.25) is 0 Å². The highest BCUT2D eigenvalue weighted by Gasteiger charge is 2.14. The Bertz CT molecular complexity index is 1210. The van der Waals surface area contributed by atoms with Crippen molar-refractivity contribution in [1.29, 1.82) is 0 Å². The number of aromatic nitrogens is 3. The molecule has 0 spiro atoms. The number of anilines is 2. The topological polar surface area (TPSA) is 70.7 Å². The first-order valence-corrected chi connectivity index (χ1v) is 9.33. The van der Waals surface area contributed by atoms with E-state index in [1.807, 2.05) is 49.4 Å². The lowest BCUT2D eigenvalue weighted by Crippen LogP contribution is -2.15. The second-order valence-corrected chi connectivity index (χ2v) is 7.24. The number of aryl methyl sites for hydroxylation is 1. The number of benzene rings is 1. The number of pyridine rings is 3. The lowest BCUT2D eigenvalue weighted by atomic mass is 10.0. The zero-order valence-corrected chi connectivity index (χ0v) is 16.2. The smallest absolute Gasteiger partial charge is 0.256 e. The zero-order valence-electron chi connectivity index (χ0n) is 16.2. The third-order valence-electron chi connectivity index (χ3n) is 4.79. The number of nitrogens with zero attached hydrogens (tertiary/aromatic N) is 2. The number of aromatic amines is 1. The third-order valence-corrected chi connectivity index (χ3v) is 4.79. The SMILES string of the molecule is Cc1cccc(-c2cc(Nc3ccnc4ccncc34)c(C(C)C)[nH]c2=O)c1. The van der Waals surface area contributed by atoms with Gasteiger partial charge >= 0.3 is 0 Å². The highest BCUT2D eigenvalue weighted by molar-refractivity contribution is 5.92. The summed E-state index contributed by atoms with van der Waals surface area (Å²) in [6.45, 7) is 6.15. The zero-order chi connectivity index (χ0) is 19.7. The molecule has 0 bridgehead atoms. The standard InChI is InChI=1S/C23H22N4O/c1-14(2)22-21(26-20-8-10-25-19-7-9-24-13-18(19)20)12-17(23(28)27-22)16-6-4-5-15(3)11-16/h4-14H,1-3H3,(H,25,26)(H,27,28). The van der Waals surface area contributed by atoms with Crippen LogP contribution < -0.4 is 10.9 Å². The van der Waals surface area contributed by atoms with Crippen molar-refractivity contribution in [2.24, 2.45) is 0 Å². The highest BCUT2D eigenvalue weighted by Crippen LogP contribution is 2.30. The second-order valence-electron chi connectivity index (χ2n) is 7.24. The van der Waals surface area contributed by atoms with E-state index in [4.69, 9.17) is 0 Å². The Balaban J connectivity index is 1.87. The average molecular weight is 370 g/mol. The molecule has 0 aliphatic rings. The molecule has 5 nitrogen and oxygen atoms in total. The summed E-state index contributed by atoms with van der Waals surface area (Å²) in [5, 5.41) is 4.43. The van der Waals surface area contributed by atoms with Crippen molar-refractivity contribution in [3.8, 4) is 11.1 Å². The van der Waals surface area contributed by atoms with Gasteiger partial charge in [-0.15, -0.1) is 0 Å². The van der Waals surface area contributed by atoms with Gasteiger partial charge in [0.15, 0.2) is 0 Å². The Morgan fingerprint density at radius 1 is 1.04 bits per heavy atom. The van der Waals surface area contributed by atoms with Gasteiger partial charge in [-0.1, -0.05) is 43.7 Å². The molecule has 140 valence electrons. The number of hydrogen-bond donors (Lipinski definition) is 2. The van der Waals surface area contributed by atoms with Gasteiger partial charge in [0.25, 0.3) is 5.56 Å². The molecule has 0 saturated heterocycles. The Morgan fingerprint density at radius 3 is 2.68 bits per heavy atom. The number of fused-ring (bicyclic) bond motifs is 1. The molecule has 0 atom stereocenters. The van der Waals surface area contributed by atoms with Crippen LogP contribution in [0.3, 0.4) is 0 Å². The molecule has 5 heteroatoms. The van der Waals surface area contributed by atoms with Gasteiger partial charge in [-0.05, 0) is 36.6 Å². The minimum atomic E-state index is -0.0823. The summed E-state index contributed by atoms with van der Waals surface area (Å²) < 4.78 is 0. The molecular weight excluding hydrogens is 348 g/mol. The molecular formula is C23H22N4O. The molecule has 2 N–H and O–H groups in total. The fourth-order valence-corrected chi connectivity index (χ4v) is 3.37. The van der Waals surface area contributed by atoms with Crippen molar-refractivity contribution < 1.29 is 0 Å². The molecule has 4 aromatic rings. The van der Waals surface area contributed by atoms with Crippen LogP contribution in [0.1, 0.15) is 31.0 Å². The van der Waals surface area contributed by atoms with E-state index in [2.05, 4.69) is 34.1 Å². The quantitative estimate of drug-likeness (QED) is 0.520. The maximum absolute atomic E-state index is 12.8. The molecule has 0 unspecified atom stereocenters. The molecule has 0 amide bonds. The van der Waals surface area contributed by atoms with Crippen LogP contribution in [-0.2, 0) is 0 Å². The molecule has 0 fully saturated rings. The lowest BCUT2D eigenvalue weighted by molar-refractivity contribution is 0.820. The maximum atomic E-state index is 12.8. The first-order chi connectivity index (χ1) is 13.5. The first-order valence-electron chi connectivity index (χ1n) is 9.33. The molecule has 3 heterocycles. The van der Waals surface area contributed by atoms with Gasteiger partial charge < -0.3 is 10.3 Å². The van der Waals surface area contributed by atoms with Crippen molar-refractivity contribution in [1.82, 2.24) is 15.0 Å². The molecule has 28 heavy (non-hydrogen) atoms. The third kappa shape index (κ3) is 3.39. The van der Waals surface area contributed by atoms with E-state index in [-0.39, 0.29) is 11.5 Å².